The fourth-order valence-corrected chi connectivity index (χ4v) is 5.18. The fourth-order valence-electron chi connectivity index (χ4n) is 2.71. The van der Waals surface area contributed by atoms with Crippen LogP contribution in [0.15, 0.2) is 65.0 Å². The third kappa shape index (κ3) is 4.24. The standard InChI is InChI=1S/C19H12Cl2N4O3S2/c20-12-8-9-14(15(21)10-12)17(26)22-18-23-24-19(29-18)30(27,28)25-16-7-3-5-11-4-1-2-6-13(11)16/h1-10,25H,(H,22,23,26). The van der Waals surface area contributed by atoms with Crippen molar-refractivity contribution >= 4 is 72.1 Å². The average Bonchev–Trinajstić information content (AvgIpc) is 3.17. The van der Waals surface area contributed by atoms with Gasteiger partial charge in [0.25, 0.3) is 20.3 Å². The predicted octanol–water partition coefficient (Wildman–Crippen LogP) is 5.05. The number of carbonyl (C=O) groups excluding carboxylic acids is 1. The van der Waals surface area contributed by atoms with Crippen LogP contribution in [0.4, 0.5) is 10.8 Å². The topological polar surface area (TPSA) is 101 Å². The molecule has 0 atom stereocenters. The molecule has 1 heterocycles. The summed E-state index contributed by atoms with van der Waals surface area (Å²) in [6.45, 7) is 0. The van der Waals surface area contributed by atoms with Crippen molar-refractivity contribution in [3.63, 3.8) is 0 Å². The second kappa shape index (κ2) is 8.19. The summed E-state index contributed by atoms with van der Waals surface area (Å²) >= 11 is 12.6. The normalized spacial score (nSPS) is 11.4. The van der Waals surface area contributed by atoms with Crippen molar-refractivity contribution < 1.29 is 13.2 Å². The van der Waals surface area contributed by atoms with Gasteiger partial charge in [-0.25, -0.2) is 0 Å². The lowest BCUT2D eigenvalue weighted by molar-refractivity contribution is 0.102. The van der Waals surface area contributed by atoms with Crippen molar-refractivity contribution in [2.75, 3.05) is 10.0 Å². The Morgan fingerprint density at radius 2 is 1.73 bits per heavy atom. The summed E-state index contributed by atoms with van der Waals surface area (Å²) in [6.07, 6.45) is 0. The van der Waals surface area contributed by atoms with Gasteiger partial charge in [-0.3, -0.25) is 14.8 Å². The first-order valence-corrected chi connectivity index (χ1v) is 11.5. The Morgan fingerprint density at radius 3 is 2.53 bits per heavy atom. The first-order valence-electron chi connectivity index (χ1n) is 8.44. The van der Waals surface area contributed by atoms with Crippen LogP contribution < -0.4 is 10.0 Å². The van der Waals surface area contributed by atoms with E-state index in [1.54, 1.807) is 12.1 Å². The Kier molecular flexibility index (Phi) is 5.61. The lowest BCUT2D eigenvalue weighted by Gasteiger charge is -2.08. The monoisotopic (exact) mass is 478 g/mol. The molecule has 4 rings (SSSR count). The molecule has 11 heteroatoms. The van der Waals surface area contributed by atoms with Crippen LogP contribution in [0, 0.1) is 0 Å². The molecule has 3 aromatic carbocycles. The van der Waals surface area contributed by atoms with Crippen molar-refractivity contribution in [2.24, 2.45) is 0 Å². The molecule has 4 aromatic rings. The lowest BCUT2D eigenvalue weighted by atomic mass is 10.1. The quantitative estimate of drug-likeness (QED) is 0.390. The third-order valence-electron chi connectivity index (χ3n) is 4.07. The molecule has 2 N–H and O–H groups in total. The molecule has 1 aromatic heterocycles. The maximum atomic E-state index is 12.8. The summed E-state index contributed by atoms with van der Waals surface area (Å²) < 4.78 is 27.7. The van der Waals surface area contributed by atoms with Gasteiger partial charge in [0, 0.05) is 10.4 Å². The molecule has 0 radical (unpaired) electrons. The molecule has 0 bridgehead atoms. The number of hydrogen-bond donors (Lipinski definition) is 2. The van der Waals surface area contributed by atoms with Crippen molar-refractivity contribution in [3.8, 4) is 0 Å². The molecule has 30 heavy (non-hydrogen) atoms. The van der Waals surface area contributed by atoms with Crippen LogP contribution in [0.5, 0.6) is 0 Å². The summed E-state index contributed by atoms with van der Waals surface area (Å²) in [6, 6.07) is 17.1. The number of carbonyl (C=O) groups is 1. The van der Waals surface area contributed by atoms with Crippen molar-refractivity contribution in [2.45, 2.75) is 4.34 Å². The maximum Gasteiger partial charge on any atom is 0.291 e. The molecule has 1 amide bonds. The van der Waals surface area contributed by atoms with Gasteiger partial charge in [-0.2, -0.15) is 8.42 Å². The van der Waals surface area contributed by atoms with Gasteiger partial charge in [0.05, 0.1) is 16.3 Å². The van der Waals surface area contributed by atoms with Crippen molar-refractivity contribution in [3.05, 3.63) is 76.3 Å². The predicted molar refractivity (Wildman–Crippen MR) is 119 cm³/mol. The zero-order valence-corrected chi connectivity index (χ0v) is 18.1. The largest absolute Gasteiger partial charge is 0.296 e. The number of nitrogens with one attached hydrogen (secondary N) is 2. The minimum absolute atomic E-state index is 0.0179. The number of anilines is 2. The van der Waals surface area contributed by atoms with Gasteiger partial charge >= 0.3 is 0 Å². The molecule has 152 valence electrons. The van der Waals surface area contributed by atoms with Gasteiger partial charge in [-0.05, 0) is 29.7 Å². The fraction of sp³-hybridized carbons (Fsp3) is 0. The van der Waals surface area contributed by atoms with Crippen LogP contribution >= 0.6 is 34.5 Å². The van der Waals surface area contributed by atoms with Crippen LogP contribution in [-0.4, -0.2) is 24.5 Å². The van der Waals surface area contributed by atoms with Gasteiger partial charge in [0.2, 0.25) is 5.13 Å². The minimum Gasteiger partial charge on any atom is -0.296 e. The molecule has 0 aliphatic carbocycles. The smallest absolute Gasteiger partial charge is 0.291 e. The highest BCUT2D eigenvalue weighted by molar-refractivity contribution is 7.94. The van der Waals surface area contributed by atoms with Crippen LogP contribution in [-0.2, 0) is 10.0 Å². The molecular formula is C19H12Cl2N4O3S2. The van der Waals surface area contributed by atoms with E-state index in [1.807, 2.05) is 30.3 Å². The Labute approximate surface area is 185 Å². The minimum atomic E-state index is -4.00. The molecule has 0 aliphatic heterocycles. The number of amides is 1. The molecule has 0 unspecified atom stereocenters. The van der Waals surface area contributed by atoms with E-state index in [2.05, 4.69) is 20.2 Å². The summed E-state index contributed by atoms with van der Waals surface area (Å²) in [5.74, 6) is -0.557. The van der Waals surface area contributed by atoms with Gasteiger partial charge in [0.15, 0.2) is 0 Å². The van der Waals surface area contributed by atoms with Gasteiger partial charge in [-0.1, -0.05) is 70.9 Å². The number of halogens is 2. The highest BCUT2D eigenvalue weighted by Gasteiger charge is 2.22. The van der Waals surface area contributed by atoms with Gasteiger partial charge in [0.1, 0.15) is 0 Å². The Morgan fingerprint density at radius 1 is 0.967 bits per heavy atom. The first kappa shape index (κ1) is 20.5. The van der Waals surface area contributed by atoms with Crippen LogP contribution in [0.2, 0.25) is 10.0 Å². The first-order chi connectivity index (χ1) is 14.3. The SMILES string of the molecule is O=C(Nc1nnc(S(=O)(=O)Nc2cccc3ccccc23)s1)c1ccc(Cl)cc1Cl. The zero-order valence-electron chi connectivity index (χ0n) is 15.0. The van der Waals surface area contributed by atoms with E-state index in [9.17, 15) is 13.2 Å². The van der Waals surface area contributed by atoms with Crippen molar-refractivity contribution in [1.29, 1.82) is 0 Å². The molecule has 0 aliphatic rings. The number of sulfonamides is 1. The number of aromatic nitrogens is 2. The summed E-state index contributed by atoms with van der Waals surface area (Å²) in [5.41, 5.74) is 0.594. The average molecular weight is 479 g/mol. The molecular weight excluding hydrogens is 467 g/mol. The zero-order chi connectivity index (χ0) is 21.3. The molecule has 0 saturated carbocycles. The highest BCUT2D eigenvalue weighted by atomic mass is 35.5. The third-order valence-corrected chi connectivity index (χ3v) is 7.19. The number of benzene rings is 3. The molecule has 0 saturated heterocycles. The van der Waals surface area contributed by atoms with Crippen molar-refractivity contribution in [1.82, 2.24) is 10.2 Å². The van der Waals surface area contributed by atoms with E-state index in [1.165, 1.54) is 18.2 Å². The van der Waals surface area contributed by atoms with E-state index in [0.717, 1.165) is 22.1 Å². The summed E-state index contributed by atoms with van der Waals surface area (Å²) in [4.78, 5) is 12.4. The van der Waals surface area contributed by atoms with E-state index in [4.69, 9.17) is 23.2 Å². The van der Waals surface area contributed by atoms with Crippen LogP contribution in [0.25, 0.3) is 10.8 Å². The van der Waals surface area contributed by atoms with Crippen LogP contribution in [0.3, 0.4) is 0 Å². The van der Waals surface area contributed by atoms with E-state index in [0.29, 0.717) is 10.7 Å². The van der Waals surface area contributed by atoms with Gasteiger partial charge < -0.3 is 0 Å². The maximum absolute atomic E-state index is 12.8. The van der Waals surface area contributed by atoms with Gasteiger partial charge in [-0.15, -0.1) is 10.2 Å². The van der Waals surface area contributed by atoms with Crippen LogP contribution in [0.1, 0.15) is 10.4 Å². The summed E-state index contributed by atoms with van der Waals surface area (Å²) in [7, 11) is -4.00. The molecule has 0 fully saturated rings. The Bertz CT molecular complexity index is 1370. The van der Waals surface area contributed by atoms with E-state index < -0.39 is 15.9 Å². The molecule has 7 nitrogen and oxygen atoms in total. The number of rotatable bonds is 5. The lowest BCUT2D eigenvalue weighted by Crippen LogP contribution is -2.13. The second-order valence-corrected chi connectivity index (χ2v) is 9.76. The number of fused-ring (bicyclic) bond motifs is 1. The van der Waals surface area contributed by atoms with E-state index >= 15 is 0 Å². The summed E-state index contributed by atoms with van der Waals surface area (Å²) in [5, 5.41) is 12.1. The number of hydrogen-bond acceptors (Lipinski definition) is 6. The Balaban J connectivity index is 1.56. The van der Waals surface area contributed by atoms with E-state index in [-0.39, 0.29) is 20.1 Å². The Hall–Kier alpha value is -2.72. The second-order valence-electron chi connectivity index (χ2n) is 6.08. The highest BCUT2D eigenvalue weighted by Crippen LogP contribution is 2.28. The number of nitrogens with zero attached hydrogens (tertiary/aromatic N) is 2. The molecule has 0 spiro atoms.